The number of aromatic nitrogens is 2. The van der Waals surface area contributed by atoms with Crippen molar-refractivity contribution in [3.8, 4) is 5.69 Å². The SMILES string of the molecule is Cc1nn(-c2ccccc2)c2c1C1(SC(C)C(=O)N2)C(=O)Nc2cc(Br)ccc21. The molecule has 0 saturated heterocycles. The number of fused-ring (bicyclic) bond motifs is 4. The second kappa shape index (κ2) is 6.47. The number of carbonyl (C=O) groups excluding carboxylic acids is 2. The lowest BCUT2D eigenvalue weighted by Crippen LogP contribution is -2.34. The van der Waals surface area contributed by atoms with Gasteiger partial charge >= 0.3 is 0 Å². The molecule has 2 aliphatic rings. The molecule has 0 saturated carbocycles. The van der Waals surface area contributed by atoms with Crippen molar-refractivity contribution in [2.45, 2.75) is 23.8 Å². The van der Waals surface area contributed by atoms with Gasteiger partial charge in [0, 0.05) is 21.3 Å². The third-order valence-corrected chi connectivity index (χ3v) is 7.33. The van der Waals surface area contributed by atoms with Gasteiger partial charge in [-0.3, -0.25) is 9.59 Å². The van der Waals surface area contributed by atoms with Crippen LogP contribution in [-0.4, -0.2) is 26.8 Å². The highest BCUT2D eigenvalue weighted by Gasteiger charge is 2.55. The van der Waals surface area contributed by atoms with Crippen molar-refractivity contribution in [3.63, 3.8) is 0 Å². The van der Waals surface area contributed by atoms with E-state index in [-0.39, 0.29) is 11.8 Å². The van der Waals surface area contributed by atoms with E-state index in [1.165, 1.54) is 11.8 Å². The first kappa shape index (κ1) is 18.4. The van der Waals surface area contributed by atoms with Crippen LogP contribution >= 0.6 is 27.7 Å². The summed E-state index contributed by atoms with van der Waals surface area (Å²) >= 11 is 4.83. The van der Waals surface area contributed by atoms with Crippen molar-refractivity contribution < 1.29 is 9.59 Å². The number of hydrogen-bond donors (Lipinski definition) is 2. The van der Waals surface area contributed by atoms with Gasteiger partial charge in [-0.1, -0.05) is 40.2 Å². The van der Waals surface area contributed by atoms with E-state index in [9.17, 15) is 9.59 Å². The van der Waals surface area contributed by atoms with Gasteiger partial charge < -0.3 is 10.6 Å². The molecular weight excluding hydrogens is 452 g/mol. The van der Waals surface area contributed by atoms with Crippen LogP contribution in [0, 0.1) is 6.92 Å². The van der Waals surface area contributed by atoms with E-state index in [4.69, 9.17) is 5.10 Å². The third kappa shape index (κ3) is 2.59. The number of amides is 2. The maximum absolute atomic E-state index is 13.5. The standard InChI is InChI=1S/C21H17BrN4O2S/c1-11-17-18(26(25-11)14-6-4-3-5-7-14)24-19(27)12(2)29-21(17)15-9-8-13(22)10-16(15)23-20(21)28/h3-10,12H,1-2H3,(H,23,28)(H,24,27). The molecule has 5 rings (SSSR count). The normalized spacial score (nSPS) is 22.7. The zero-order valence-electron chi connectivity index (χ0n) is 15.7. The Bertz CT molecular complexity index is 1180. The Morgan fingerprint density at radius 2 is 1.90 bits per heavy atom. The van der Waals surface area contributed by atoms with Crippen molar-refractivity contribution in [2.75, 3.05) is 10.6 Å². The molecule has 0 bridgehead atoms. The van der Waals surface area contributed by atoms with Crippen LogP contribution in [0.15, 0.2) is 53.0 Å². The average Bonchev–Trinajstić information content (AvgIpc) is 3.11. The van der Waals surface area contributed by atoms with Gasteiger partial charge in [0.1, 0.15) is 5.82 Å². The average molecular weight is 469 g/mol. The fourth-order valence-electron chi connectivity index (χ4n) is 4.04. The van der Waals surface area contributed by atoms with Crippen molar-refractivity contribution in [1.29, 1.82) is 0 Å². The monoisotopic (exact) mass is 468 g/mol. The number of thioether (sulfide) groups is 1. The van der Waals surface area contributed by atoms with Crippen molar-refractivity contribution in [3.05, 3.63) is 69.8 Å². The Morgan fingerprint density at radius 1 is 1.14 bits per heavy atom. The molecule has 29 heavy (non-hydrogen) atoms. The molecule has 0 radical (unpaired) electrons. The van der Waals surface area contributed by atoms with Gasteiger partial charge in [-0.05, 0) is 38.1 Å². The number of benzene rings is 2. The zero-order valence-corrected chi connectivity index (χ0v) is 18.1. The molecule has 146 valence electrons. The summed E-state index contributed by atoms with van der Waals surface area (Å²) < 4.78 is 1.54. The lowest BCUT2D eigenvalue weighted by molar-refractivity contribution is -0.117. The van der Waals surface area contributed by atoms with Crippen LogP contribution in [0.1, 0.15) is 23.7 Å². The summed E-state index contributed by atoms with van der Waals surface area (Å²) in [6.45, 7) is 3.71. The molecule has 3 aromatic rings. The van der Waals surface area contributed by atoms with Crippen molar-refractivity contribution >= 4 is 51.0 Å². The number of aryl methyl sites for hydroxylation is 1. The minimum absolute atomic E-state index is 0.149. The molecule has 2 atom stereocenters. The molecule has 2 aromatic carbocycles. The van der Waals surface area contributed by atoms with Crippen LogP contribution in [0.25, 0.3) is 5.69 Å². The second-order valence-electron chi connectivity index (χ2n) is 7.13. The summed E-state index contributed by atoms with van der Waals surface area (Å²) in [5.74, 6) is 0.237. The smallest absolute Gasteiger partial charge is 0.250 e. The van der Waals surface area contributed by atoms with Crippen LogP contribution in [0.3, 0.4) is 0 Å². The molecular formula is C21H17BrN4O2S. The molecule has 2 N–H and O–H groups in total. The Balaban J connectivity index is 1.84. The Kier molecular flexibility index (Phi) is 4.11. The Morgan fingerprint density at radius 3 is 2.66 bits per heavy atom. The van der Waals surface area contributed by atoms with Gasteiger partial charge in [0.05, 0.1) is 16.6 Å². The fourth-order valence-corrected chi connectivity index (χ4v) is 5.92. The van der Waals surface area contributed by atoms with E-state index >= 15 is 0 Å². The van der Waals surface area contributed by atoms with Gasteiger partial charge in [0.25, 0.3) is 0 Å². The Labute approximate surface area is 180 Å². The number of anilines is 2. The zero-order chi connectivity index (χ0) is 20.3. The molecule has 0 aliphatic carbocycles. The number of hydrogen-bond acceptors (Lipinski definition) is 4. The fraction of sp³-hybridized carbons (Fsp3) is 0.190. The molecule has 2 unspecified atom stereocenters. The molecule has 0 fully saturated rings. The van der Waals surface area contributed by atoms with E-state index in [1.807, 2.05) is 62.4 Å². The van der Waals surface area contributed by atoms with Crippen LogP contribution in [0.4, 0.5) is 11.5 Å². The lowest BCUT2D eigenvalue weighted by Gasteiger charge is -2.27. The van der Waals surface area contributed by atoms with Crippen molar-refractivity contribution in [2.24, 2.45) is 0 Å². The lowest BCUT2D eigenvalue weighted by atomic mass is 9.91. The third-order valence-electron chi connectivity index (χ3n) is 5.31. The largest absolute Gasteiger partial charge is 0.324 e. The van der Waals surface area contributed by atoms with Gasteiger partial charge in [-0.15, -0.1) is 11.8 Å². The summed E-state index contributed by atoms with van der Waals surface area (Å²) in [4.78, 5) is 26.3. The minimum Gasteiger partial charge on any atom is -0.324 e. The number of halogens is 1. The number of nitrogens with one attached hydrogen (secondary N) is 2. The van der Waals surface area contributed by atoms with E-state index in [0.29, 0.717) is 11.5 Å². The first-order valence-corrected chi connectivity index (χ1v) is 10.8. The summed E-state index contributed by atoms with van der Waals surface area (Å²) in [5, 5.41) is 10.3. The summed E-state index contributed by atoms with van der Waals surface area (Å²) in [7, 11) is 0. The van der Waals surface area contributed by atoms with Crippen LogP contribution in [0.5, 0.6) is 0 Å². The topological polar surface area (TPSA) is 76.0 Å². The minimum atomic E-state index is -1.05. The molecule has 8 heteroatoms. The van der Waals surface area contributed by atoms with E-state index in [2.05, 4.69) is 26.6 Å². The summed E-state index contributed by atoms with van der Waals surface area (Å²) in [5.41, 5.74) is 3.84. The predicted molar refractivity (Wildman–Crippen MR) is 118 cm³/mol. The summed E-state index contributed by atoms with van der Waals surface area (Å²) in [6, 6.07) is 15.4. The van der Waals surface area contributed by atoms with E-state index < -0.39 is 10.00 Å². The molecule has 2 aliphatic heterocycles. The molecule has 3 heterocycles. The molecule has 1 spiro atoms. The van der Waals surface area contributed by atoms with Gasteiger partial charge in [0.2, 0.25) is 11.8 Å². The highest BCUT2D eigenvalue weighted by atomic mass is 79.9. The number of rotatable bonds is 1. The van der Waals surface area contributed by atoms with Gasteiger partial charge in [-0.2, -0.15) is 5.10 Å². The van der Waals surface area contributed by atoms with E-state index in [1.54, 1.807) is 4.68 Å². The maximum atomic E-state index is 13.5. The Hall–Kier alpha value is -2.58. The molecule has 2 amide bonds. The van der Waals surface area contributed by atoms with Crippen LogP contribution in [0.2, 0.25) is 0 Å². The first-order chi connectivity index (χ1) is 13.9. The first-order valence-electron chi connectivity index (χ1n) is 9.17. The second-order valence-corrected chi connectivity index (χ2v) is 9.60. The number of nitrogens with zero attached hydrogens (tertiary/aromatic N) is 2. The molecule has 6 nitrogen and oxygen atoms in total. The number of para-hydroxylation sites is 1. The highest BCUT2D eigenvalue weighted by molar-refractivity contribution is 9.10. The van der Waals surface area contributed by atoms with Crippen LogP contribution < -0.4 is 10.6 Å². The predicted octanol–water partition coefficient (Wildman–Crippen LogP) is 4.21. The maximum Gasteiger partial charge on any atom is 0.250 e. The van der Waals surface area contributed by atoms with Gasteiger partial charge in [-0.25, -0.2) is 4.68 Å². The number of carbonyl (C=O) groups is 2. The quantitative estimate of drug-likeness (QED) is 0.560. The van der Waals surface area contributed by atoms with Crippen molar-refractivity contribution in [1.82, 2.24) is 9.78 Å². The van der Waals surface area contributed by atoms with Crippen LogP contribution in [-0.2, 0) is 14.3 Å². The highest BCUT2D eigenvalue weighted by Crippen LogP contribution is 2.56. The molecule has 1 aromatic heterocycles. The van der Waals surface area contributed by atoms with E-state index in [0.717, 1.165) is 27.0 Å². The van der Waals surface area contributed by atoms with Gasteiger partial charge in [0.15, 0.2) is 4.75 Å². The summed E-state index contributed by atoms with van der Waals surface area (Å²) in [6.07, 6.45) is 0.